The van der Waals surface area contributed by atoms with Crippen LogP contribution >= 0.6 is 0 Å². The normalized spacial score (nSPS) is 45.7. The smallest absolute Gasteiger partial charge is 0.0577 e. The number of aliphatic hydroxyl groups is 4. The van der Waals surface area contributed by atoms with Crippen molar-refractivity contribution in [1.29, 1.82) is 0 Å². The SMILES string of the molecule is CC(C)CCC[C@@H](C)[C@H]1CC[C@H]2[C@@H]3CC=C4C[C@@H](O)CC[C@]4(C)[C@H]3CC[C@]12C.CC(C)CCC[C@@H](C)[C@H]1CC[C@H]2[C@@H]3CC=C4C[C@@H](O)CC[C@]4(C)[C@H]3CC[C@]12C.CC(C)CCC[C@@H](C)[C@H]1CC[C@H]2[C@@H]3CC=C4C[C@@H](O)CC[C@]4(C)[C@H]3CC[C@]12C.CC(C)CCC[C@@H](C)[C@H]1CC[C@H]2[C@@H]3CC=C4C[C@@H](O)CC[C@]4(C)[C@H]3CC[C@]12C.[S-2].[S-2]. The Balaban J connectivity index is 0.000000149. The lowest BCUT2D eigenvalue weighted by Gasteiger charge is -2.58. The van der Waals surface area contributed by atoms with Gasteiger partial charge in [-0.05, 0) is 391 Å². The molecule has 0 saturated heterocycles. The number of aliphatic hydroxyl groups excluding tert-OH is 4. The highest BCUT2D eigenvalue weighted by molar-refractivity contribution is 7.37. The van der Waals surface area contributed by atoms with Gasteiger partial charge in [-0.25, -0.2) is 0 Å². The number of hydrogen-bond acceptors (Lipinski definition) is 4. The topological polar surface area (TPSA) is 80.9 Å². The maximum atomic E-state index is 10.2. The van der Waals surface area contributed by atoms with Crippen molar-refractivity contribution in [2.24, 2.45) is 185 Å². The Morgan fingerprint density at radius 3 is 0.632 bits per heavy atom. The second kappa shape index (κ2) is 38.1. The zero-order valence-corrected chi connectivity index (χ0v) is 79.8. The maximum Gasteiger partial charge on any atom is 0.0577 e. The number of fused-ring (bicyclic) bond motifs is 20. The average molecular weight is 1610 g/mol. The quantitative estimate of drug-likeness (QED) is 0.0916. The van der Waals surface area contributed by atoms with E-state index in [1.54, 1.807) is 22.3 Å². The summed E-state index contributed by atoms with van der Waals surface area (Å²) >= 11 is 0. The monoisotopic (exact) mass is 1610 g/mol. The van der Waals surface area contributed by atoms with Crippen LogP contribution in [0.5, 0.6) is 0 Å². The van der Waals surface area contributed by atoms with Crippen molar-refractivity contribution in [1.82, 2.24) is 0 Å². The van der Waals surface area contributed by atoms with Gasteiger partial charge in [0, 0.05) is 0 Å². The van der Waals surface area contributed by atoms with Crippen LogP contribution in [-0.2, 0) is 27.0 Å². The second-order valence-electron chi connectivity index (χ2n) is 48.7. The van der Waals surface area contributed by atoms with Crippen LogP contribution in [0.1, 0.15) is 421 Å². The maximum absolute atomic E-state index is 10.2. The van der Waals surface area contributed by atoms with Crippen LogP contribution < -0.4 is 0 Å². The molecule has 16 rings (SSSR count). The van der Waals surface area contributed by atoms with Crippen molar-refractivity contribution >= 4 is 27.0 Å². The van der Waals surface area contributed by atoms with E-state index in [0.29, 0.717) is 43.3 Å². The van der Waals surface area contributed by atoms with Crippen molar-refractivity contribution in [2.45, 2.75) is 445 Å². The Morgan fingerprint density at radius 1 is 0.254 bits per heavy atom. The van der Waals surface area contributed by atoms with E-state index in [1.807, 2.05) is 0 Å². The summed E-state index contributed by atoms with van der Waals surface area (Å²) in [5.41, 5.74) is 10.4. The summed E-state index contributed by atoms with van der Waals surface area (Å²) in [6.45, 7) is 50.3. The van der Waals surface area contributed by atoms with E-state index >= 15 is 0 Å². The lowest BCUT2D eigenvalue weighted by atomic mass is 9.47. The van der Waals surface area contributed by atoms with Gasteiger partial charge in [-0.1, -0.05) is 262 Å². The third-order valence-electron chi connectivity index (χ3n) is 41.1. The molecule has 0 aliphatic heterocycles. The Labute approximate surface area is 720 Å². The number of allylic oxidation sites excluding steroid dienone is 4. The van der Waals surface area contributed by atoms with E-state index in [-0.39, 0.29) is 51.4 Å². The van der Waals surface area contributed by atoms with Gasteiger partial charge in [-0.15, -0.1) is 0 Å². The van der Waals surface area contributed by atoms with E-state index in [1.165, 1.54) is 231 Å². The molecular weight excluding hydrogens is 1430 g/mol. The molecule has 656 valence electrons. The van der Waals surface area contributed by atoms with Gasteiger partial charge in [0.1, 0.15) is 0 Å². The average Bonchev–Trinajstić information content (AvgIpc) is 1.40. The molecule has 0 heterocycles. The van der Waals surface area contributed by atoms with Gasteiger partial charge in [0.05, 0.1) is 24.4 Å². The molecule has 114 heavy (non-hydrogen) atoms. The number of hydrogen-bond donors (Lipinski definition) is 4. The van der Waals surface area contributed by atoms with E-state index < -0.39 is 0 Å². The fraction of sp³-hybridized carbons (Fsp3) is 0.926. The van der Waals surface area contributed by atoms with Gasteiger partial charge in [0.15, 0.2) is 0 Å². The molecule has 0 radical (unpaired) electrons. The first-order valence-electron chi connectivity index (χ1n) is 50.5. The standard InChI is InChI=1S/4C27H46O.2S/c4*1-18(2)7-6-8-19(3)23-11-12-24-22-10-9-20-17-21(28)13-15-26(20,4)25(22)14-16-27(23,24)5;;/h4*9,18-19,21-25,28H,6-8,10-17H2,1-5H3;;/q;;;;2*-2/t4*19-,21+,22+,23-,24+,25+,26+,27-;;/m1111../s1. The molecule has 0 bridgehead atoms. The number of rotatable bonds is 20. The zero-order valence-electron chi connectivity index (χ0n) is 78.2. The van der Waals surface area contributed by atoms with E-state index in [4.69, 9.17) is 0 Å². The fourth-order valence-corrected chi connectivity index (χ4v) is 34.7. The molecule has 16 aliphatic carbocycles. The minimum atomic E-state index is -0.0766. The van der Waals surface area contributed by atoms with Crippen LogP contribution in [-0.4, -0.2) is 44.8 Å². The van der Waals surface area contributed by atoms with Crippen LogP contribution in [0.15, 0.2) is 46.6 Å². The summed E-state index contributed by atoms with van der Waals surface area (Å²) in [5, 5.41) is 40.8. The summed E-state index contributed by atoms with van der Waals surface area (Å²) in [4.78, 5) is 0. The van der Waals surface area contributed by atoms with E-state index in [2.05, 4.69) is 163 Å². The van der Waals surface area contributed by atoms with Crippen molar-refractivity contribution < 1.29 is 20.4 Å². The minimum absolute atomic E-state index is 0. The zero-order chi connectivity index (χ0) is 80.4. The molecule has 0 unspecified atom stereocenters. The van der Waals surface area contributed by atoms with E-state index in [9.17, 15) is 20.4 Å². The highest BCUT2D eigenvalue weighted by Crippen LogP contribution is 2.73. The van der Waals surface area contributed by atoms with Crippen molar-refractivity contribution in [3.05, 3.63) is 46.6 Å². The molecule has 6 heteroatoms. The third kappa shape index (κ3) is 18.5. The van der Waals surface area contributed by atoms with Gasteiger partial charge in [-0.2, -0.15) is 0 Å². The van der Waals surface area contributed by atoms with Gasteiger partial charge in [0.25, 0.3) is 0 Å². The van der Waals surface area contributed by atoms with Crippen LogP contribution in [0, 0.1) is 185 Å². The van der Waals surface area contributed by atoms with Crippen molar-refractivity contribution in [3.63, 3.8) is 0 Å². The van der Waals surface area contributed by atoms with Gasteiger partial charge in [-0.3, -0.25) is 0 Å². The molecular formula is C108H184O4S2-4. The summed E-state index contributed by atoms with van der Waals surface area (Å²) in [6, 6.07) is 0. The molecule has 4 nitrogen and oxygen atoms in total. The molecule has 12 saturated carbocycles. The van der Waals surface area contributed by atoms with Gasteiger partial charge < -0.3 is 47.4 Å². The van der Waals surface area contributed by atoms with Crippen molar-refractivity contribution in [2.75, 3.05) is 0 Å². The summed E-state index contributed by atoms with van der Waals surface area (Å²) in [6.07, 6.45) is 68.6. The van der Waals surface area contributed by atoms with E-state index in [0.717, 1.165) is 193 Å². The largest absolute Gasteiger partial charge is 2.00 e. The lowest BCUT2D eigenvalue weighted by molar-refractivity contribution is -0.0573. The third-order valence-corrected chi connectivity index (χ3v) is 41.1. The van der Waals surface area contributed by atoms with Crippen LogP contribution in [0.3, 0.4) is 0 Å². The molecule has 4 N–H and O–H groups in total. The first-order chi connectivity index (χ1) is 53.0. The molecule has 16 aliphatic rings. The summed E-state index contributed by atoms with van der Waals surface area (Å²) < 4.78 is 0. The minimum Gasteiger partial charge on any atom is -2.00 e. The summed E-state index contributed by atoms with van der Waals surface area (Å²) in [7, 11) is 0. The molecule has 12 fully saturated rings. The van der Waals surface area contributed by atoms with Crippen molar-refractivity contribution in [3.8, 4) is 0 Å². The second-order valence-corrected chi connectivity index (χ2v) is 48.7. The first kappa shape index (κ1) is 94.2. The fourth-order valence-electron chi connectivity index (χ4n) is 34.7. The van der Waals surface area contributed by atoms with Gasteiger partial charge >= 0.3 is 0 Å². The van der Waals surface area contributed by atoms with Crippen LogP contribution in [0.2, 0.25) is 0 Å². The Morgan fingerprint density at radius 2 is 0.447 bits per heavy atom. The lowest BCUT2D eigenvalue weighted by Crippen LogP contribution is -2.50. The molecule has 0 aromatic carbocycles. The predicted molar refractivity (Wildman–Crippen MR) is 491 cm³/mol. The molecule has 0 spiro atoms. The Hall–Kier alpha value is -0.500. The molecule has 0 aromatic rings. The Kier molecular flexibility index (Phi) is 31.5. The summed E-state index contributed by atoms with van der Waals surface area (Å²) in [5.74, 6) is 21.8. The van der Waals surface area contributed by atoms with Crippen LogP contribution in [0.4, 0.5) is 0 Å². The first-order valence-corrected chi connectivity index (χ1v) is 50.5. The molecule has 0 amide bonds. The predicted octanol–water partition coefficient (Wildman–Crippen LogP) is 29.6. The highest BCUT2D eigenvalue weighted by atomic mass is 32.1. The highest BCUT2D eigenvalue weighted by Gasteiger charge is 2.64. The van der Waals surface area contributed by atoms with Crippen LogP contribution in [0.25, 0.3) is 0 Å². The molecule has 32 atom stereocenters. The van der Waals surface area contributed by atoms with Gasteiger partial charge in [0.2, 0.25) is 0 Å². The molecule has 0 aromatic heterocycles. The Bertz CT molecular complexity index is 2790.